The lowest BCUT2D eigenvalue weighted by Gasteiger charge is -2.25. The van der Waals surface area contributed by atoms with Crippen LogP contribution in [0.2, 0.25) is 0 Å². The van der Waals surface area contributed by atoms with Gasteiger partial charge in [0, 0.05) is 13.1 Å². The number of carbonyl (C=O) groups is 1. The van der Waals surface area contributed by atoms with Crippen LogP contribution in [-0.2, 0) is 4.79 Å². The first-order valence-electron chi connectivity index (χ1n) is 2.67. The molecule has 0 aromatic heterocycles. The maximum absolute atomic E-state index is 10.5. The smallest absolute Gasteiger partial charge is 0.227 e. The Balaban J connectivity index is 2.29. The number of hydrogen-bond donors (Lipinski definition) is 0. The number of hydrogen-bond acceptors (Lipinski definition) is 1. The zero-order chi connectivity index (χ0) is 4.85. The third-order valence-corrected chi connectivity index (χ3v) is 1.85. The van der Waals surface area contributed by atoms with Crippen LogP contribution in [-0.4, -0.2) is 23.9 Å². The molecule has 3 saturated heterocycles. The highest BCUT2D eigenvalue weighted by atomic mass is 16.2. The van der Waals surface area contributed by atoms with Gasteiger partial charge in [-0.3, -0.25) is 4.79 Å². The number of rotatable bonds is 0. The minimum absolute atomic E-state index is 0.389. The van der Waals surface area contributed by atoms with Gasteiger partial charge in [0.05, 0.1) is 5.92 Å². The van der Waals surface area contributed by atoms with Crippen LogP contribution in [0.5, 0.6) is 0 Å². The molecule has 2 nitrogen and oxygen atoms in total. The van der Waals surface area contributed by atoms with E-state index in [-0.39, 0.29) is 0 Å². The molecule has 0 saturated carbocycles. The number of nitrogens with zero attached hydrogens (tertiary/aromatic N) is 1. The van der Waals surface area contributed by atoms with Crippen molar-refractivity contribution in [2.45, 2.75) is 6.42 Å². The van der Waals surface area contributed by atoms with Crippen LogP contribution < -0.4 is 0 Å². The molecule has 3 aliphatic heterocycles. The van der Waals surface area contributed by atoms with Crippen LogP contribution in [0.3, 0.4) is 0 Å². The first kappa shape index (κ1) is 3.47. The summed E-state index contributed by atoms with van der Waals surface area (Å²) in [7, 11) is 0. The molecule has 0 aliphatic carbocycles. The standard InChI is InChI=1S/C5H7NO/c7-5-4-1-2-6(5)3-4/h4H,1-3H2. The summed E-state index contributed by atoms with van der Waals surface area (Å²) in [4.78, 5) is 12.5. The van der Waals surface area contributed by atoms with E-state index in [1.165, 1.54) is 0 Å². The van der Waals surface area contributed by atoms with Crippen molar-refractivity contribution in [2.24, 2.45) is 5.92 Å². The first-order chi connectivity index (χ1) is 3.38. The predicted octanol–water partition coefficient (Wildman–Crippen LogP) is -0.151. The lowest BCUT2D eigenvalue weighted by atomic mass is 10.1. The second-order valence-electron chi connectivity index (χ2n) is 2.27. The number of fused-ring (bicyclic) bond motifs is 1. The first-order valence-corrected chi connectivity index (χ1v) is 2.67. The van der Waals surface area contributed by atoms with Crippen LogP contribution in [0.15, 0.2) is 0 Å². The van der Waals surface area contributed by atoms with Gasteiger partial charge in [-0.25, -0.2) is 0 Å². The summed E-state index contributed by atoms with van der Waals surface area (Å²) in [6.07, 6.45) is 1.12. The molecule has 3 rings (SSSR count). The third kappa shape index (κ3) is 0.243. The van der Waals surface area contributed by atoms with Gasteiger partial charge in [-0.1, -0.05) is 0 Å². The van der Waals surface area contributed by atoms with E-state index < -0.39 is 0 Å². The highest BCUT2D eigenvalue weighted by molar-refractivity contribution is 5.86. The van der Waals surface area contributed by atoms with Crippen molar-refractivity contribution < 1.29 is 4.79 Å². The zero-order valence-corrected chi connectivity index (χ0v) is 4.05. The molecule has 3 aliphatic rings. The van der Waals surface area contributed by atoms with Gasteiger partial charge >= 0.3 is 0 Å². The highest BCUT2D eigenvalue weighted by Gasteiger charge is 2.42. The Hall–Kier alpha value is -0.530. The van der Waals surface area contributed by atoms with E-state index in [0.717, 1.165) is 19.5 Å². The minimum Gasteiger partial charge on any atom is -0.342 e. The van der Waals surface area contributed by atoms with E-state index >= 15 is 0 Å². The van der Waals surface area contributed by atoms with Crippen molar-refractivity contribution in [1.29, 1.82) is 0 Å². The minimum atomic E-state index is 0.389. The largest absolute Gasteiger partial charge is 0.342 e. The molecule has 0 N–H and O–H groups in total. The zero-order valence-electron chi connectivity index (χ0n) is 4.05. The van der Waals surface area contributed by atoms with Gasteiger partial charge in [-0.15, -0.1) is 0 Å². The maximum atomic E-state index is 10.5. The monoisotopic (exact) mass is 97.1 g/mol. The van der Waals surface area contributed by atoms with E-state index in [2.05, 4.69) is 0 Å². The summed E-state index contributed by atoms with van der Waals surface area (Å²) in [6, 6.07) is 0. The summed E-state index contributed by atoms with van der Waals surface area (Å²) in [5.41, 5.74) is 0. The molecule has 3 fully saturated rings. The van der Waals surface area contributed by atoms with Crippen molar-refractivity contribution in [3.05, 3.63) is 0 Å². The van der Waals surface area contributed by atoms with E-state index in [4.69, 9.17) is 0 Å². The fraction of sp³-hybridized carbons (Fsp3) is 0.800. The van der Waals surface area contributed by atoms with E-state index in [1.807, 2.05) is 4.90 Å². The Morgan fingerprint density at radius 3 is 2.71 bits per heavy atom. The number of β-lactam (4-membered cyclic amide) rings is 1. The summed E-state index contributed by atoms with van der Waals surface area (Å²) >= 11 is 0. The Bertz CT molecular complexity index is 105. The van der Waals surface area contributed by atoms with Crippen LogP contribution in [0.4, 0.5) is 0 Å². The summed E-state index contributed by atoms with van der Waals surface area (Å²) < 4.78 is 0. The molecule has 2 bridgehead atoms. The Morgan fingerprint density at radius 1 is 1.71 bits per heavy atom. The van der Waals surface area contributed by atoms with Crippen molar-refractivity contribution >= 4 is 5.91 Å². The van der Waals surface area contributed by atoms with Gasteiger partial charge in [-0.05, 0) is 6.42 Å². The molecule has 0 spiro atoms. The predicted molar refractivity (Wildman–Crippen MR) is 24.7 cm³/mol. The quantitative estimate of drug-likeness (QED) is 0.385. The molecule has 7 heavy (non-hydrogen) atoms. The molecule has 0 aromatic rings. The van der Waals surface area contributed by atoms with Crippen LogP contribution in [0.1, 0.15) is 6.42 Å². The summed E-state index contributed by atoms with van der Waals surface area (Å²) in [6.45, 7) is 2.09. The lowest BCUT2D eigenvalue weighted by Crippen LogP contribution is -2.42. The Kier molecular flexibility index (Phi) is 0.412. The van der Waals surface area contributed by atoms with Crippen molar-refractivity contribution in [3.63, 3.8) is 0 Å². The van der Waals surface area contributed by atoms with Crippen molar-refractivity contribution in [3.8, 4) is 0 Å². The van der Waals surface area contributed by atoms with Crippen LogP contribution in [0, 0.1) is 5.92 Å². The molecular weight excluding hydrogens is 90.1 g/mol. The van der Waals surface area contributed by atoms with Crippen LogP contribution in [0.25, 0.3) is 0 Å². The summed E-state index contributed by atoms with van der Waals surface area (Å²) in [5.74, 6) is 0.833. The van der Waals surface area contributed by atoms with Gasteiger partial charge in [0.15, 0.2) is 0 Å². The molecular formula is C5H7NO. The van der Waals surface area contributed by atoms with Gasteiger partial charge < -0.3 is 4.90 Å². The highest BCUT2D eigenvalue weighted by Crippen LogP contribution is 2.28. The fourth-order valence-electron chi connectivity index (χ4n) is 1.31. The molecule has 1 atom stereocenters. The average molecular weight is 97.1 g/mol. The topological polar surface area (TPSA) is 20.3 Å². The van der Waals surface area contributed by atoms with E-state index in [9.17, 15) is 4.79 Å². The van der Waals surface area contributed by atoms with Gasteiger partial charge in [0.25, 0.3) is 0 Å². The van der Waals surface area contributed by atoms with E-state index in [1.54, 1.807) is 0 Å². The maximum Gasteiger partial charge on any atom is 0.227 e. The lowest BCUT2D eigenvalue weighted by molar-refractivity contribution is -0.140. The molecule has 3 heterocycles. The second kappa shape index (κ2) is 0.831. The Morgan fingerprint density at radius 2 is 2.57 bits per heavy atom. The van der Waals surface area contributed by atoms with Crippen molar-refractivity contribution in [1.82, 2.24) is 4.90 Å². The van der Waals surface area contributed by atoms with E-state index in [0.29, 0.717) is 11.8 Å². The molecule has 38 valence electrons. The third-order valence-electron chi connectivity index (χ3n) is 1.85. The van der Waals surface area contributed by atoms with Crippen LogP contribution >= 0.6 is 0 Å². The normalized spacial score (nSPS) is 36.3. The molecule has 2 heteroatoms. The Labute approximate surface area is 42.1 Å². The van der Waals surface area contributed by atoms with Gasteiger partial charge in [0.2, 0.25) is 5.91 Å². The number of carbonyl (C=O) groups excluding carboxylic acids is 1. The number of amides is 1. The fourth-order valence-corrected chi connectivity index (χ4v) is 1.31. The average Bonchev–Trinajstić information content (AvgIpc) is 2.18. The van der Waals surface area contributed by atoms with Gasteiger partial charge in [-0.2, -0.15) is 0 Å². The SMILES string of the molecule is O=C1C2CCN1C2. The van der Waals surface area contributed by atoms with Crippen molar-refractivity contribution in [2.75, 3.05) is 13.1 Å². The molecule has 0 radical (unpaired) electrons. The summed E-state index contributed by atoms with van der Waals surface area (Å²) in [5, 5.41) is 0. The second-order valence-corrected chi connectivity index (χ2v) is 2.27. The molecule has 1 unspecified atom stereocenters. The van der Waals surface area contributed by atoms with Gasteiger partial charge in [0.1, 0.15) is 0 Å². The molecule has 0 aromatic carbocycles. The molecule has 1 amide bonds.